The quantitative estimate of drug-likeness (QED) is 0.304. The number of rotatable bonds is 4. The Kier molecular flexibility index (Phi) is 4.20. The lowest BCUT2D eigenvalue weighted by atomic mass is 10.2. The molecule has 0 atom stereocenters. The van der Waals surface area contributed by atoms with Crippen molar-refractivity contribution in [1.82, 2.24) is 0 Å². The van der Waals surface area contributed by atoms with Gasteiger partial charge in [-0.25, -0.2) is 0 Å². The van der Waals surface area contributed by atoms with Gasteiger partial charge in [0, 0.05) is 11.8 Å². The highest BCUT2D eigenvalue weighted by molar-refractivity contribution is 6.44. The van der Waals surface area contributed by atoms with Crippen molar-refractivity contribution in [2.75, 3.05) is 5.32 Å². The average molecular weight is 245 g/mol. The number of carbonyl (C=O) groups excluding carboxylic acids is 1. The van der Waals surface area contributed by atoms with Crippen molar-refractivity contribution in [3.63, 3.8) is 0 Å². The lowest BCUT2D eigenvalue weighted by Crippen LogP contribution is -2.28. The largest absolute Gasteiger partial charge is 0.397 e. The molecule has 0 aliphatic heterocycles. The smallest absolute Gasteiger partial charge is 0.250 e. The van der Waals surface area contributed by atoms with Crippen LogP contribution in [0.1, 0.15) is 5.56 Å². The number of hydrogen-bond donors (Lipinski definition) is 5. The van der Waals surface area contributed by atoms with E-state index >= 15 is 0 Å². The van der Waals surface area contributed by atoms with Gasteiger partial charge in [-0.3, -0.25) is 15.6 Å². The molecule has 6 nitrogen and oxygen atoms in total. The maximum absolute atomic E-state index is 11.6. The summed E-state index contributed by atoms with van der Waals surface area (Å²) in [7, 11) is 0. The topological polar surface area (TPSA) is 129 Å². The molecule has 0 aromatic heterocycles. The van der Waals surface area contributed by atoms with Gasteiger partial charge in [-0.2, -0.15) is 0 Å². The average Bonchev–Trinajstić information content (AvgIpc) is 2.30. The van der Waals surface area contributed by atoms with Gasteiger partial charge in [-0.05, 0) is 19.1 Å². The Morgan fingerprint density at radius 2 is 1.78 bits per heavy atom. The van der Waals surface area contributed by atoms with Gasteiger partial charge in [-0.15, -0.1) is 0 Å². The van der Waals surface area contributed by atoms with Crippen LogP contribution < -0.4 is 16.8 Å². The van der Waals surface area contributed by atoms with Gasteiger partial charge in [0.2, 0.25) is 0 Å². The Morgan fingerprint density at radius 1 is 1.22 bits per heavy atom. The van der Waals surface area contributed by atoms with Gasteiger partial charge < -0.3 is 16.8 Å². The predicted molar refractivity (Wildman–Crippen MR) is 71.7 cm³/mol. The SMILES string of the molecule is Cc1ccc(NC(=O)/C=C(/N)C(=N)C(=N)N)cc1. The first kappa shape index (κ1) is 13.4. The van der Waals surface area contributed by atoms with Gasteiger partial charge >= 0.3 is 0 Å². The van der Waals surface area contributed by atoms with Crippen LogP contribution >= 0.6 is 0 Å². The molecule has 0 aliphatic rings. The Hall–Kier alpha value is -2.63. The summed E-state index contributed by atoms with van der Waals surface area (Å²) in [6.45, 7) is 1.94. The third kappa shape index (κ3) is 3.75. The van der Waals surface area contributed by atoms with E-state index < -0.39 is 11.7 Å². The van der Waals surface area contributed by atoms with Gasteiger partial charge in [0.05, 0.1) is 5.70 Å². The molecule has 94 valence electrons. The third-order valence-electron chi connectivity index (χ3n) is 2.16. The van der Waals surface area contributed by atoms with E-state index in [1.807, 2.05) is 19.1 Å². The number of carbonyl (C=O) groups is 1. The minimum Gasteiger partial charge on any atom is -0.397 e. The fourth-order valence-corrected chi connectivity index (χ4v) is 1.18. The van der Waals surface area contributed by atoms with E-state index in [0.29, 0.717) is 5.69 Å². The van der Waals surface area contributed by atoms with E-state index in [1.165, 1.54) is 0 Å². The van der Waals surface area contributed by atoms with E-state index in [2.05, 4.69) is 5.32 Å². The van der Waals surface area contributed by atoms with Crippen molar-refractivity contribution in [2.24, 2.45) is 11.5 Å². The minimum atomic E-state index is -0.480. The molecule has 0 saturated heterocycles. The zero-order valence-electron chi connectivity index (χ0n) is 9.95. The first-order valence-corrected chi connectivity index (χ1v) is 5.18. The molecule has 0 saturated carbocycles. The fraction of sp³-hybridized carbons (Fsp3) is 0.0833. The Labute approximate surface area is 105 Å². The predicted octanol–water partition coefficient (Wildman–Crippen LogP) is 0.732. The first-order chi connectivity index (χ1) is 8.40. The fourth-order valence-electron chi connectivity index (χ4n) is 1.18. The van der Waals surface area contributed by atoms with Crippen LogP contribution in [0.3, 0.4) is 0 Å². The first-order valence-electron chi connectivity index (χ1n) is 5.18. The maximum atomic E-state index is 11.6. The van der Waals surface area contributed by atoms with Crippen LogP contribution in [0.2, 0.25) is 0 Å². The van der Waals surface area contributed by atoms with Gasteiger partial charge in [-0.1, -0.05) is 17.7 Å². The molecular formula is C12H15N5O. The number of hydrogen-bond acceptors (Lipinski definition) is 4. The molecule has 1 aromatic rings. The minimum absolute atomic E-state index is 0.146. The summed E-state index contributed by atoms with van der Waals surface area (Å²) >= 11 is 0. The summed E-state index contributed by atoms with van der Waals surface area (Å²) < 4.78 is 0. The molecule has 0 aliphatic carbocycles. The highest BCUT2D eigenvalue weighted by Crippen LogP contribution is 2.08. The lowest BCUT2D eigenvalue weighted by Gasteiger charge is -2.04. The number of nitrogens with two attached hydrogens (primary N) is 2. The number of amidine groups is 1. The molecule has 7 N–H and O–H groups in total. The Balaban J connectivity index is 2.72. The molecule has 0 radical (unpaired) electrons. The van der Waals surface area contributed by atoms with Crippen molar-refractivity contribution >= 4 is 23.1 Å². The Bertz CT molecular complexity index is 516. The van der Waals surface area contributed by atoms with Crippen LogP contribution in [-0.4, -0.2) is 17.5 Å². The van der Waals surface area contributed by atoms with E-state index in [4.69, 9.17) is 22.3 Å². The number of anilines is 1. The van der Waals surface area contributed by atoms with E-state index in [0.717, 1.165) is 11.6 Å². The molecular weight excluding hydrogens is 230 g/mol. The van der Waals surface area contributed by atoms with Crippen LogP contribution in [0.4, 0.5) is 5.69 Å². The zero-order chi connectivity index (χ0) is 13.7. The molecule has 0 fully saturated rings. The van der Waals surface area contributed by atoms with Gasteiger partial charge in [0.1, 0.15) is 11.5 Å². The third-order valence-corrected chi connectivity index (χ3v) is 2.16. The van der Waals surface area contributed by atoms with E-state index in [1.54, 1.807) is 12.1 Å². The van der Waals surface area contributed by atoms with Crippen LogP contribution in [0.5, 0.6) is 0 Å². The zero-order valence-corrected chi connectivity index (χ0v) is 9.95. The van der Waals surface area contributed by atoms with Crippen molar-refractivity contribution in [1.29, 1.82) is 10.8 Å². The maximum Gasteiger partial charge on any atom is 0.250 e. The molecule has 1 aromatic carbocycles. The highest BCUT2D eigenvalue weighted by atomic mass is 16.1. The second kappa shape index (κ2) is 5.62. The molecule has 1 amide bonds. The number of benzene rings is 1. The van der Waals surface area contributed by atoms with Crippen LogP contribution in [0.15, 0.2) is 36.0 Å². The van der Waals surface area contributed by atoms with Crippen molar-refractivity contribution in [3.05, 3.63) is 41.6 Å². The summed E-state index contributed by atoms with van der Waals surface area (Å²) in [5.41, 5.74) is 11.7. The number of aryl methyl sites for hydroxylation is 1. The molecule has 18 heavy (non-hydrogen) atoms. The van der Waals surface area contributed by atoms with E-state index in [9.17, 15) is 4.79 Å². The second-order valence-electron chi connectivity index (χ2n) is 3.74. The lowest BCUT2D eigenvalue weighted by molar-refractivity contribution is -0.111. The van der Waals surface area contributed by atoms with Gasteiger partial charge in [0.15, 0.2) is 0 Å². The monoisotopic (exact) mass is 245 g/mol. The van der Waals surface area contributed by atoms with Crippen molar-refractivity contribution in [2.45, 2.75) is 6.92 Å². The molecule has 0 unspecified atom stereocenters. The van der Waals surface area contributed by atoms with Gasteiger partial charge in [0.25, 0.3) is 5.91 Å². The molecule has 1 rings (SSSR count). The van der Waals surface area contributed by atoms with Crippen LogP contribution in [-0.2, 0) is 4.79 Å². The number of nitrogens with one attached hydrogen (secondary N) is 3. The van der Waals surface area contributed by atoms with Crippen molar-refractivity contribution < 1.29 is 4.79 Å². The molecule has 0 bridgehead atoms. The number of amides is 1. The Morgan fingerprint density at radius 3 is 2.28 bits per heavy atom. The second-order valence-corrected chi connectivity index (χ2v) is 3.74. The summed E-state index contributed by atoms with van der Waals surface area (Å²) in [6.07, 6.45) is 1.03. The summed E-state index contributed by atoms with van der Waals surface area (Å²) in [6, 6.07) is 7.24. The molecule has 0 spiro atoms. The standard InChI is InChI=1S/C12H15N5O/c1-7-2-4-8(5-3-7)17-10(18)6-9(13)11(14)12(15)16/h2-6,14H,13H2,1H3,(H3,15,16)(H,17,18)/b9-6+,14-11?. The summed E-state index contributed by atoms with van der Waals surface area (Å²) in [5.74, 6) is -0.950. The highest BCUT2D eigenvalue weighted by Gasteiger charge is 2.06. The molecule has 6 heteroatoms. The van der Waals surface area contributed by atoms with Crippen LogP contribution in [0, 0.1) is 17.7 Å². The normalized spacial score (nSPS) is 10.8. The van der Waals surface area contributed by atoms with E-state index in [-0.39, 0.29) is 11.4 Å². The van der Waals surface area contributed by atoms with Crippen molar-refractivity contribution in [3.8, 4) is 0 Å². The summed E-state index contributed by atoms with van der Waals surface area (Å²) in [5, 5.41) is 16.9. The molecule has 0 heterocycles. The van der Waals surface area contributed by atoms with Crippen LogP contribution in [0.25, 0.3) is 0 Å². The summed E-state index contributed by atoms with van der Waals surface area (Å²) in [4.78, 5) is 11.6.